The molecule has 0 unspecified atom stereocenters. The van der Waals surface area contributed by atoms with Gasteiger partial charge in [-0.1, -0.05) is 24.3 Å². The van der Waals surface area contributed by atoms with Crippen LogP contribution in [0.1, 0.15) is 20.9 Å². The second-order valence-electron chi connectivity index (χ2n) is 6.53. The van der Waals surface area contributed by atoms with Gasteiger partial charge in [-0.3, -0.25) is 9.98 Å². The molecule has 163 valence electrons. The first-order valence-corrected chi connectivity index (χ1v) is 11.0. The van der Waals surface area contributed by atoms with Crippen LogP contribution in [0.4, 0.5) is 11.4 Å². The number of rotatable bonds is 4. The van der Waals surface area contributed by atoms with Gasteiger partial charge in [0.15, 0.2) is 0 Å². The Balaban J connectivity index is 0.000000213. The van der Waals surface area contributed by atoms with Gasteiger partial charge in [-0.25, -0.2) is 0 Å². The van der Waals surface area contributed by atoms with Gasteiger partial charge in [0.25, 0.3) is 0 Å². The first-order valence-electron chi connectivity index (χ1n) is 9.25. The van der Waals surface area contributed by atoms with Crippen LogP contribution in [0.2, 0.25) is 0 Å². The Labute approximate surface area is 200 Å². The van der Waals surface area contributed by atoms with Crippen LogP contribution < -0.4 is 0 Å². The maximum Gasteiger partial charge on any atom is 0.141 e. The Morgan fingerprint density at radius 3 is 1.45 bits per heavy atom. The molecule has 2 N–H and O–H groups in total. The molecule has 4 nitrogen and oxygen atoms in total. The van der Waals surface area contributed by atoms with Crippen molar-refractivity contribution >= 4 is 46.5 Å². The summed E-state index contributed by atoms with van der Waals surface area (Å²) in [6, 6.07) is 18.7. The molecule has 0 aliphatic carbocycles. The average Bonchev–Trinajstić information content (AvgIpc) is 3.44. The van der Waals surface area contributed by atoms with Gasteiger partial charge in [-0.15, -0.1) is 22.7 Å². The van der Waals surface area contributed by atoms with Gasteiger partial charge in [0.2, 0.25) is 0 Å². The van der Waals surface area contributed by atoms with Gasteiger partial charge in [0, 0.05) is 39.3 Å². The molecule has 4 rings (SSSR count). The fourth-order valence-corrected chi connectivity index (χ4v) is 3.64. The number of hydrogen-bond acceptors (Lipinski definition) is 6. The molecule has 0 aliphatic heterocycles. The molecule has 1 radical (unpaired) electrons. The molecular weight excluding hydrogens is 476 g/mol. The first-order chi connectivity index (χ1) is 14.5. The second kappa shape index (κ2) is 12.2. The van der Waals surface area contributed by atoms with Crippen molar-refractivity contribution in [1.82, 2.24) is 0 Å². The van der Waals surface area contributed by atoms with Crippen molar-refractivity contribution in [2.75, 3.05) is 0 Å². The molecule has 0 saturated carbocycles. The molecular formula is C24H22CuN2O2S2. The van der Waals surface area contributed by atoms with Crippen molar-refractivity contribution in [3.8, 4) is 11.5 Å². The molecule has 2 aromatic heterocycles. The molecule has 2 heterocycles. The molecule has 0 spiro atoms. The third-order valence-electron chi connectivity index (χ3n) is 4.01. The number of hydrogen-bond donors (Lipinski definition) is 2. The average molecular weight is 498 g/mol. The summed E-state index contributed by atoms with van der Waals surface area (Å²) in [5.41, 5.74) is 3.41. The largest absolute Gasteiger partial charge is 0.506 e. The van der Waals surface area contributed by atoms with Crippen molar-refractivity contribution in [3.05, 3.63) is 92.3 Å². The van der Waals surface area contributed by atoms with Crippen molar-refractivity contribution in [1.29, 1.82) is 0 Å². The van der Waals surface area contributed by atoms with E-state index in [-0.39, 0.29) is 28.6 Å². The summed E-state index contributed by atoms with van der Waals surface area (Å²) in [4.78, 5) is 10.6. The van der Waals surface area contributed by atoms with E-state index >= 15 is 0 Å². The van der Waals surface area contributed by atoms with Gasteiger partial charge < -0.3 is 10.2 Å². The quantitative estimate of drug-likeness (QED) is 0.235. The normalized spacial score (nSPS) is 10.6. The van der Waals surface area contributed by atoms with Crippen LogP contribution in [0.3, 0.4) is 0 Å². The molecule has 0 bridgehead atoms. The van der Waals surface area contributed by atoms with E-state index in [1.54, 1.807) is 47.2 Å². The number of benzene rings is 2. The van der Waals surface area contributed by atoms with Crippen LogP contribution in [0.5, 0.6) is 11.5 Å². The van der Waals surface area contributed by atoms with Crippen molar-refractivity contribution in [2.45, 2.75) is 13.8 Å². The summed E-state index contributed by atoms with van der Waals surface area (Å²) in [6.45, 7) is 3.95. The fraction of sp³-hybridized carbons (Fsp3) is 0.0833. The van der Waals surface area contributed by atoms with Crippen LogP contribution in [0.25, 0.3) is 0 Å². The molecule has 4 aromatic rings. The minimum absolute atomic E-state index is 0. The van der Waals surface area contributed by atoms with Gasteiger partial charge >= 0.3 is 0 Å². The summed E-state index contributed by atoms with van der Waals surface area (Å²) in [5, 5.41) is 23.1. The van der Waals surface area contributed by atoms with E-state index in [4.69, 9.17) is 0 Å². The zero-order valence-electron chi connectivity index (χ0n) is 17.0. The Hall–Kier alpha value is -2.70. The fourth-order valence-electron chi connectivity index (χ4n) is 2.47. The van der Waals surface area contributed by atoms with Gasteiger partial charge in [0.1, 0.15) is 22.9 Å². The van der Waals surface area contributed by atoms with E-state index in [1.807, 2.05) is 73.1 Å². The second-order valence-corrected chi connectivity index (χ2v) is 8.49. The topological polar surface area (TPSA) is 65.2 Å². The standard InChI is InChI=1S/2C12H11NOS.Cu/c2*1-9-4-5-12(14)11(7-9)13-8-10-3-2-6-15-10;/h2*2-8,14H,1H3;. The van der Waals surface area contributed by atoms with E-state index in [9.17, 15) is 10.2 Å². The number of aromatic hydroxyl groups is 2. The summed E-state index contributed by atoms with van der Waals surface area (Å²) < 4.78 is 0. The summed E-state index contributed by atoms with van der Waals surface area (Å²) >= 11 is 3.24. The number of aliphatic imine (C=N–C) groups is 2. The van der Waals surface area contributed by atoms with E-state index < -0.39 is 0 Å². The van der Waals surface area contributed by atoms with E-state index in [0.29, 0.717) is 11.4 Å². The molecule has 0 saturated heterocycles. The molecule has 31 heavy (non-hydrogen) atoms. The Morgan fingerprint density at radius 1 is 0.677 bits per heavy atom. The maximum absolute atomic E-state index is 9.55. The van der Waals surface area contributed by atoms with E-state index in [0.717, 1.165) is 20.9 Å². The zero-order chi connectivity index (χ0) is 21.3. The molecule has 0 atom stereocenters. The number of phenolic OH excluding ortho intramolecular Hbond substituents is 2. The van der Waals surface area contributed by atoms with Crippen molar-refractivity contribution < 1.29 is 27.3 Å². The smallest absolute Gasteiger partial charge is 0.141 e. The van der Waals surface area contributed by atoms with Gasteiger partial charge in [-0.2, -0.15) is 0 Å². The van der Waals surface area contributed by atoms with Gasteiger partial charge in [0.05, 0.1) is 0 Å². The minimum Gasteiger partial charge on any atom is -0.506 e. The summed E-state index contributed by atoms with van der Waals surface area (Å²) in [6.07, 6.45) is 3.53. The third-order valence-corrected chi connectivity index (χ3v) is 5.62. The minimum atomic E-state index is 0. The van der Waals surface area contributed by atoms with E-state index in [2.05, 4.69) is 9.98 Å². The molecule has 0 fully saturated rings. The number of thiophene rings is 2. The monoisotopic (exact) mass is 497 g/mol. The van der Waals surface area contributed by atoms with Crippen LogP contribution in [0.15, 0.2) is 81.4 Å². The third kappa shape index (κ3) is 7.81. The summed E-state index contributed by atoms with van der Waals surface area (Å²) in [7, 11) is 0. The Morgan fingerprint density at radius 2 is 1.10 bits per heavy atom. The SMILES string of the molecule is Cc1ccc(O)c(N=Cc2cccs2)c1.Cc1ccc(O)c(N=Cc2cccs2)c1.[Cu]. The van der Waals surface area contributed by atoms with E-state index in [1.165, 1.54) is 0 Å². The van der Waals surface area contributed by atoms with Crippen LogP contribution in [0, 0.1) is 13.8 Å². The zero-order valence-corrected chi connectivity index (χ0v) is 19.6. The number of nitrogens with zero attached hydrogens (tertiary/aromatic N) is 2. The Bertz CT molecular complexity index is 1050. The first kappa shape index (κ1) is 24.6. The van der Waals surface area contributed by atoms with Crippen molar-refractivity contribution in [3.63, 3.8) is 0 Å². The number of phenols is 2. The van der Waals surface area contributed by atoms with Crippen LogP contribution >= 0.6 is 22.7 Å². The predicted octanol–water partition coefficient (Wildman–Crippen LogP) is 7.02. The molecule has 7 heteroatoms. The molecule has 0 aliphatic rings. The van der Waals surface area contributed by atoms with Gasteiger partial charge in [-0.05, 0) is 72.1 Å². The van der Waals surface area contributed by atoms with Crippen LogP contribution in [-0.4, -0.2) is 22.6 Å². The predicted molar refractivity (Wildman–Crippen MR) is 129 cm³/mol. The molecule has 0 amide bonds. The Kier molecular flexibility index (Phi) is 9.69. The van der Waals surface area contributed by atoms with Crippen molar-refractivity contribution in [2.24, 2.45) is 9.98 Å². The number of aryl methyl sites for hydroxylation is 2. The van der Waals surface area contributed by atoms with Crippen LogP contribution in [-0.2, 0) is 17.1 Å². The molecule has 2 aromatic carbocycles. The summed E-state index contributed by atoms with van der Waals surface area (Å²) in [5.74, 6) is 0.432. The maximum atomic E-state index is 9.55.